The Labute approximate surface area is 120 Å². The van der Waals surface area contributed by atoms with Gasteiger partial charge in [-0.3, -0.25) is 4.98 Å². The van der Waals surface area contributed by atoms with Crippen LogP contribution in [0.3, 0.4) is 0 Å². The molecule has 0 atom stereocenters. The van der Waals surface area contributed by atoms with Crippen molar-refractivity contribution in [3.05, 3.63) is 65.5 Å². The molecule has 1 aromatic carbocycles. The van der Waals surface area contributed by atoms with Crippen LogP contribution >= 0.6 is 11.3 Å². The van der Waals surface area contributed by atoms with E-state index in [4.69, 9.17) is 4.42 Å². The topological polar surface area (TPSA) is 26.0 Å². The fraction of sp³-hybridized carbons (Fsp3) is 0. The van der Waals surface area contributed by atoms with Gasteiger partial charge in [-0.05, 0) is 40.6 Å². The number of para-hydroxylation sites is 1. The molecule has 0 aliphatic heterocycles. The van der Waals surface area contributed by atoms with E-state index in [9.17, 15) is 0 Å². The molecule has 0 N–H and O–H groups in total. The molecule has 3 heterocycles. The predicted octanol–water partition coefficient (Wildman–Crippen LogP) is 5.22. The van der Waals surface area contributed by atoms with Crippen molar-refractivity contribution >= 4 is 22.3 Å². The number of benzene rings is 1. The molecule has 0 spiro atoms. The summed E-state index contributed by atoms with van der Waals surface area (Å²) in [6.07, 6.45) is 1.89. The molecule has 0 bridgehead atoms. The maximum Gasteiger partial charge on any atom is 0.153 e. The Balaban J connectivity index is 1.75. The first-order valence-electron chi connectivity index (χ1n) is 6.38. The number of hydrogen-bond donors (Lipinski definition) is 0. The van der Waals surface area contributed by atoms with Gasteiger partial charge in [0.25, 0.3) is 0 Å². The third kappa shape index (κ3) is 1.92. The Hall–Kier alpha value is -2.39. The molecule has 4 aromatic rings. The zero-order valence-electron chi connectivity index (χ0n) is 10.6. The highest BCUT2D eigenvalue weighted by molar-refractivity contribution is 7.08. The van der Waals surface area contributed by atoms with Gasteiger partial charge >= 0.3 is 0 Å². The van der Waals surface area contributed by atoms with E-state index in [1.54, 1.807) is 11.3 Å². The van der Waals surface area contributed by atoms with E-state index in [1.165, 1.54) is 5.56 Å². The van der Waals surface area contributed by atoms with Gasteiger partial charge < -0.3 is 4.42 Å². The molecule has 0 saturated carbocycles. The molecule has 0 fully saturated rings. The van der Waals surface area contributed by atoms with Crippen molar-refractivity contribution in [2.75, 3.05) is 0 Å². The normalized spacial score (nSPS) is 11.0. The molecule has 3 heteroatoms. The van der Waals surface area contributed by atoms with E-state index < -0.39 is 0 Å². The van der Waals surface area contributed by atoms with Crippen LogP contribution < -0.4 is 0 Å². The van der Waals surface area contributed by atoms with Gasteiger partial charge in [0.05, 0.1) is 0 Å². The number of fused-ring (bicyclic) bond motifs is 1. The summed E-state index contributed by atoms with van der Waals surface area (Å²) >= 11 is 1.69. The van der Waals surface area contributed by atoms with Gasteiger partial charge in [0.15, 0.2) is 5.76 Å². The van der Waals surface area contributed by atoms with Crippen LogP contribution in [0.5, 0.6) is 0 Å². The quantitative estimate of drug-likeness (QED) is 0.502. The maximum absolute atomic E-state index is 5.82. The molecule has 0 unspecified atom stereocenters. The van der Waals surface area contributed by atoms with Crippen molar-refractivity contribution in [3.8, 4) is 22.6 Å². The van der Waals surface area contributed by atoms with Crippen LogP contribution in [0.25, 0.3) is 33.6 Å². The maximum atomic E-state index is 5.82. The minimum atomic E-state index is 0.808. The summed E-state index contributed by atoms with van der Waals surface area (Å²) in [4.78, 5) is 4.51. The van der Waals surface area contributed by atoms with Crippen LogP contribution in [0.4, 0.5) is 0 Å². The number of furan rings is 1. The van der Waals surface area contributed by atoms with E-state index >= 15 is 0 Å². The summed E-state index contributed by atoms with van der Waals surface area (Å²) in [7, 11) is 0. The van der Waals surface area contributed by atoms with Gasteiger partial charge in [-0.25, -0.2) is 0 Å². The molecule has 0 aliphatic rings. The average molecular weight is 277 g/mol. The Morgan fingerprint density at radius 3 is 2.65 bits per heavy atom. The molecule has 0 radical (unpaired) electrons. The Morgan fingerprint density at radius 2 is 1.90 bits per heavy atom. The van der Waals surface area contributed by atoms with Crippen LogP contribution in [-0.4, -0.2) is 4.98 Å². The van der Waals surface area contributed by atoms with Crippen molar-refractivity contribution in [1.29, 1.82) is 0 Å². The third-order valence-corrected chi connectivity index (χ3v) is 3.98. The number of rotatable bonds is 2. The number of hydrogen-bond acceptors (Lipinski definition) is 3. The lowest BCUT2D eigenvalue weighted by atomic mass is 10.1. The molecule has 20 heavy (non-hydrogen) atoms. The lowest BCUT2D eigenvalue weighted by Crippen LogP contribution is -1.82. The molecule has 2 nitrogen and oxygen atoms in total. The van der Waals surface area contributed by atoms with Crippen LogP contribution in [0, 0.1) is 0 Å². The van der Waals surface area contributed by atoms with Crippen LogP contribution in [0.15, 0.2) is 69.9 Å². The SMILES string of the molecule is c1ccc2oc(-c3ccc(-c4ccsc4)cn3)cc2c1. The molecule has 4 rings (SSSR count). The predicted molar refractivity (Wildman–Crippen MR) is 82.8 cm³/mol. The van der Waals surface area contributed by atoms with Gasteiger partial charge in [0.2, 0.25) is 0 Å². The summed E-state index contributed by atoms with van der Waals surface area (Å²) in [5, 5.41) is 5.30. The first-order chi connectivity index (χ1) is 9.90. The Morgan fingerprint density at radius 1 is 0.950 bits per heavy atom. The van der Waals surface area contributed by atoms with Crippen molar-refractivity contribution < 1.29 is 4.42 Å². The summed E-state index contributed by atoms with van der Waals surface area (Å²) in [5.41, 5.74) is 4.09. The molecule has 0 amide bonds. The molecular weight excluding hydrogens is 266 g/mol. The zero-order chi connectivity index (χ0) is 13.4. The second-order valence-electron chi connectivity index (χ2n) is 4.59. The van der Waals surface area contributed by atoms with Crippen molar-refractivity contribution in [2.24, 2.45) is 0 Å². The Bertz CT molecular complexity index is 811. The van der Waals surface area contributed by atoms with E-state index in [0.717, 1.165) is 28.0 Å². The smallest absolute Gasteiger partial charge is 0.153 e. The lowest BCUT2D eigenvalue weighted by molar-refractivity contribution is 0.629. The minimum Gasteiger partial charge on any atom is -0.454 e. The first kappa shape index (κ1) is 11.4. The molecule has 3 aromatic heterocycles. The molecule has 0 aliphatic carbocycles. The standard InChI is InChI=1S/C17H11NOS/c1-2-4-16-12(3-1)9-17(19-16)15-6-5-13(10-18-15)14-7-8-20-11-14/h1-11H. The van der Waals surface area contributed by atoms with Crippen molar-refractivity contribution in [2.45, 2.75) is 0 Å². The number of thiophene rings is 1. The van der Waals surface area contributed by atoms with Gasteiger partial charge in [0, 0.05) is 17.1 Å². The summed E-state index contributed by atoms with van der Waals surface area (Å²) in [6, 6.07) is 16.2. The fourth-order valence-electron chi connectivity index (χ4n) is 2.25. The molecular formula is C17H11NOS. The first-order valence-corrected chi connectivity index (χ1v) is 7.32. The Kier molecular flexibility index (Phi) is 2.64. The number of aromatic nitrogens is 1. The van der Waals surface area contributed by atoms with Gasteiger partial charge in [-0.2, -0.15) is 11.3 Å². The largest absolute Gasteiger partial charge is 0.454 e. The van der Waals surface area contributed by atoms with Crippen molar-refractivity contribution in [3.63, 3.8) is 0 Å². The van der Waals surface area contributed by atoms with Crippen LogP contribution in [0.2, 0.25) is 0 Å². The average Bonchev–Trinajstić information content (AvgIpc) is 3.17. The number of pyridine rings is 1. The minimum absolute atomic E-state index is 0.808. The van der Waals surface area contributed by atoms with E-state index in [0.29, 0.717) is 0 Å². The highest BCUT2D eigenvalue weighted by Gasteiger charge is 2.07. The highest BCUT2D eigenvalue weighted by atomic mass is 32.1. The summed E-state index contributed by atoms with van der Waals surface area (Å²) in [5.74, 6) is 0.808. The summed E-state index contributed by atoms with van der Waals surface area (Å²) < 4.78 is 5.82. The molecule has 96 valence electrons. The third-order valence-electron chi connectivity index (χ3n) is 3.30. The van der Waals surface area contributed by atoms with Crippen LogP contribution in [0.1, 0.15) is 0 Å². The van der Waals surface area contributed by atoms with Crippen LogP contribution in [-0.2, 0) is 0 Å². The monoisotopic (exact) mass is 277 g/mol. The highest BCUT2D eigenvalue weighted by Crippen LogP contribution is 2.28. The second-order valence-corrected chi connectivity index (χ2v) is 5.37. The fourth-order valence-corrected chi connectivity index (χ4v) is 2.91. The van der Waals surface area contributed by atoms with E-state index in [1.807, 2.05) is 42.6 Å². The van der Waals surface area contributed by atoms with Gasteiger partial charge in [-0.1, -0.05) is 24.3 Å². The molecule has 0 saturated heterocycles. The lowest BCUT2D eigenvalue weighted by Gasteiger charge is -1.99. The zero-order valence-corrected chi connectivity index (χ0v) is 11.4. The van der Waals surface area contributed by atoms with Gasteiger partial charge in [-0.15, -0.1) is 0 Å². The van der Waals surface area contributed by atoms with Gasteiger partial charge in [0.1, 0.15) is 11.3 Å². The second kappa shape index (κ2) is 4.62. The summed E-state index contributed by atoms with van der Waals surface area (Å²) in [6.45, 7) is 0. The van der Waals surface area contributed by atoms with E-state index in [2.05, 4.69) is 27.9 Å². The number of nitrogens with zero attached hydrogens (tertiary/aromatic N) is 1. The van der Waals surface area contributed by atoms with E-state index in [-0.39, 0.29) is 0 Å². The van der Waals surface area contributed by atoms with Crippen molar-refractivity contribution in [1.82, 2.24) is 4.98 Å².